The van der Waals surface area contributed by atoms with Crippen molar-refractivity contribution in [1.82, 2.24) is 5.32 Å². The fourth-order valence-corrected chi connectivity index (χ4v) is 3.51. The minimum absolute atomic E-state index is 0.0362. The summed E-state index contributed by atoms with van der Waals surface area (Å²) in [6, 6.07) is 9.64. The van der Waals surface area contributed by atoms with Gasteiger partial charge in [0, 0.05) is 18.9 Å². The standard InChI is InChI=1S/C15H16F2N2/c16-15(17)9-14(10-15)5-6-19-13(7-14)12-3-1-11(8-18)2-4-12/h1-4,13,19H,5-7,9-10H2/t13-/m1/s1. The second-order valence-electron chi connectivity index (χ2n) is 5.90. The lowest BCUT2D eigenvalue weighted by Gasteiger charge is -2.52. The van der Waals surface area contributed by atoms with E-state index in [-0.39, 0.29) is 24.3 Å². The normalized spacial score (nSPS) is 27.5. The molecule has 0 unspecified atom stereocenters. The predicted octanol–water partition coefficient (Wildman–Crippen LogP) is 3.40. The summed E-state index contributed by atoms with van der Waals surface area (Å²) >= 11 is 0. The van der Waals surface area contributed by atoms with Crippen molar-refractivity contribution in [3.8, 4) is 6.07 Å². The van der Waals surface area contributed by atoms with Gasteiger partial charge >= 0.3 is 0 Å². The van der Waals surface area contributed by atoms with Gasteiger partial charge in [-0.25, -0.2) is 8.78 Å². The first-order valence-electron chi connectivity index (χ1n) is 6.63. The van der Waals surface area contributed by atoms with Crippen LogP contribution in [0.15, 0.2) is 24.3 Å². The molecule has 1 saturated heterocycles. The fraction of sp³-hybridized carbons (Fsp3) is 0.533. The van der Waals surface area contributed by atoms with Gasteiger partial charge in [-0.15, -0.1) is 0 Å². The summed E-state index contributed by atoms with van der Waals surface area (Å²) in [5.74, 6) is -2.45. The smallest absolute Gasteiger partial charge is 0.249 e. The quantitative estimate of drug-likeness (QED) is 0.842. The highest BCUT2D eigenvalue weighted by molar-refractivity contribution is 5.33. The number of nitrogens with zero attached hydrogens (tertiary/aromatic N) is 1. The Labute approximate surface area is 111 Å². The molecule has 1 saturated carbocycles. The van der Waals surface area contributed by atoms with Crippen LogP contribution in [0.5, 0.6) is 0 Å². The van der Waals surface area contributed by atoms with Crippen LogP contribution in [-0.2, 0) is 0 Å². The monoisotopic (exact) mass is 262 g/mol. The lowest BCUT2D eigenvalue weighted by atomic mass is 9.59. The molecule has 1 aromatic rings. The van der Waals surface area contributed by atoms with Crippen LogP contribution in [0.4, 0.5) is 8.78 Å². The summed E-state index contributed by atoms with van der Waals surface area (Å²) in [7, 11) is 0. The summed E-state index contributed by atoms with van der Waals surface area (Å²) < 4.78 is 26.3. The van der Waals surface area contributed by atoms with Crippen molar-refractivity contribution in [1.29, 1.82) is 5.26 Å². The predicted molar refractivity (Wildman–Crippen MR) is 67.7 cm³/mol. The topological polar surface area (TPSA) is 35.8 Å². The SMILES string of the molecule is N#Cc1ccc([C@H]2CC3(CCN2)CC(F)(F)C3)cc1. The molecule has 2 fully saturated rings. The highest BCUT2D eigenvalue weighted by atomic mass is 19.3. The van der Waals surface area contributed by atoms with Gasteiger partial charge in [0.15, 0.2) is 0 Å². The van der Waals surface area contributed by atoms with Gasteiger partial charge in [0.2, 0.25) is 5.92 Å². The van der Waals surface area contributed by atoms with E-state index < -0.39 is 5.92 Å². The van der Waals surface area contributed by atoms with Crippen molar-refractivity contribution in [2.75, 3.05) is 6.54 Å². The minimum atomic E-state index is -2.45. The van der Waals surface area contributed by atoms with E-state index in [2.05, 4.69) is 11.4 Å². The zero-order valence-corrected chi connectivity index (χ0v) is 10.6. The van der Waals surface area contributed by atoms with Gasteiger partial charge in [-0.3, -0.25) is 0 Å². The van der Waals surface area contributed by atoms with Gasteiger partial charge < -0.3 is 5.32 Å². The number of alkyl halides is 2. The van der Waals surface area contributed by atoms with Gasteiger partial charge in [-0.1, -0.05) is 12.1 Å². The Hall–Kier alpha value is -1.47. The average molecular weight is 262 g/mol. The lowest BCUT2D eigenvalue weighted by molar-refractivity contribution is -0.174. The Bertz CT molecular complexity index is 508. The van der Waals surface area contributed by atoms with Crippen molar-refractivity contribution in [3.63, 3.8) is 0 Å². The number of nitrogens with one attached hydrogen (secondary N) is 1. The van der Waals surface area contributed by atoms with Crippen molar-refractivity contribution >= 4 is 0 Å². The zero-order chi connectivity index (χ0) is 13.5. The third-order valence-electron chi connectivity index (χ3n) is 4.39. The van der Waals surface area contributed by atoms with E-state index in [1.807, 2.05) is 12.1 Å². The van der Waals surface area contributed by atoms with Gasteiger partial charge in [0.25, 0.3) is 0 Å². The highest BCUT2D eigenvalue weighted by Crippen LogP contribution is 2.58. The van der Waals surface area contributed by atoms with Crippen LogP contribution in [0, 0.1) is 16.7 Å². The van der Waals surface area contributed by atoms with Crippen molar-refractivity contribution < 1.29 is 8.78 Å². The van der Waals surface area contributed by atoms with Gasteiger partial charge in [-0.05, 0) is 42.5 Å². The zero-order valence-electron chi connectivity index (χ0n) is 10.6. The van der Waals surface area contributed by atoms with Crippen LogP contribution in [0.3, 0.4) is 0 Å². The summed E-state index contributed by atoms with van der Waals surface area (Å²) in [4.78, 5) is 0. The molecule has 0 bridgehead atoms. The first-order chi connectivity index (χ1) is 9.02. The molecule has 100 valence electrons. The molecule has 0 amide bonds. The minimum Gasteiger partial charge on any atom is -0.310 e. The number of halogens is 2. The molecule has 1 atom stereocenters. The molecule has 0 aromatic heterocycles. The molecule has 2 nitrogen and oxygen atoms in total. The Morgan fingerprint density at radius 2 is 1.89 bits per heavy atom. The number of piperidine rings is 1. The van der Waals surface area contributed by atoms with E-state index in [0.29, 0.717) is 5.56 Å². The van der Waals surface area contributed by atoms with E-state index in [0.717, 1.165) is 24.9 Å². The highest BCUT2D eigenvalue weighted by Gasteiger charge is 2.57. The molecule has 2 aliphatic rings. The van der Waals surface area contributed by atoms with E-state index in [1.54, 1.807) is 12.1 Å². The van der Waals surface area contributed by atoms with Crippen LogP contribution >= 0.6 is 0 Å². The van der Waals surface area contributed by atoms with E-state index in [9.17, 15) is 8.78 Å². The van der Waals surface area contributed by atoms with Crippen LogP contribution in [0.1, 0.15) is 42.9 Å². The Morgan fingerprint density at radius 1 is 1.21 bits per heavy atom. The van der Waals surface area contributed by atoms with Crippen LogP contribution in [0.2, 0.25) is 0 Å². The molecule has 1 aliphatic heterocycles. The lowest BCUT2D eigenvalue weighted by Crippen LogP contribution is -2.52. The average Bonchev–Trinajstić information content (AvgIpc) is 2.37. The first kappa shape index (κ1) is 12.6. The Morgan fingerprint density at radius 3 is 2.47 bits per heavy atom. The number of rotatable bonds is 1. The summed E-state index contributed by atoms with van der Waals surface area (Å²) in [5.41, 5.74) is 1.55. The summed E-state index contributed by atoms with van der Waals surface area (Å²) in [6.07, 6.45) is 1.69. The molecule has 1 aromatic carbocycles. The molecular formula is C15H16F2N2. The second kappa shape index (κ2) is 4.28. The third kappa shape index (κ3) is 2.35. The molecule has 3 rings (SSSR count). The molecule has 1 N–H and O–H groups in total. The maximum atomic E-state index is 13.1. The van der Waals surface area contributed by atoms with Crippen LogP contribution in [0.25, 0.3) is 0 Å². The van der Waals surface area contributed by atoms with Crippen molar-refractivity contribution in [3.05, 3.63) is 35.4 Å². The Kier molecular flexibility index (Phi) is 2.83. The maximum absolute atomic E-state index is 13.1. The molecule has 1 spiro atoms. The third-order valence-corrected chi connectivity index (χ3v) is 4.39. The van der Waals surface area contributed by atoms with E-state index in [4.69, 9.17) is 5.26 Å². The van der Waals surface area contributed by atoms with Crippen molar-refractivity contribution in [2.45, 2.75) is 37.6 Å². The molecule has 1 heterocycles. The first-order valence-corrected chi connectivity index (χ1v) is 6.63. The van der Waals surface area contributed by atoms with Crippen molar-refractivity contribution in [2.24, 2.45) is 5.41 Å². The molecule has 19 heavy (non-hydrogen) atoms. The van der Waals surface area contributed by atoms with Gasteiger partial charge in [0.05, 0.1) is 11.6 Å². The molecule has 4 heteroatoms. The number of benzene rings is 1. The van der Waals surface area contributed by atoms with Gasteiger partial charge in [0.1, 0.15) is 0 Å². The number of hydrogen-bond donors (Lipinski definition) is 1. The van der Waals surface area contributed by atoms with Crippen LogP contribution < -0.4 is 5.32 Å². The summed E-state index contributed by atoms with van der Waals surface area (Å²) in [6.45, 7) is 0.792. The van der Waals surface area contributed by atoms with E-state index >= 15 is 0 Å². The molecule has 1 aliphatic carbocycles. The van der Waals surface area contributed by atoms with Gasteiger partial charge in [-0.2, -0.15) is 5.26 Å². The van der Waals surface area contributed by atoms with Crippen LogP contribution in [-0.4, -0.2) is 12.5 Å². The van der Waals surface area contributed by atoms with E-state index in [1.165, 1.54) is 0 Å². The maximum Gasteiger partial charge on any atom is 0.249 e. The molecular weight excluding hydrogens is 246 g/mol. The number of nitriles is 1. The summed E-state index contributed by atoms with van der Waals surface area (Å²) in [5, 5.41) is 12.2. The fourth-order valence-electron chi connectivity index (χ4n) is 3.51. The Balaban J connectivity index is 1.73. The molecule has 0 radical (unpaired) electrons. The largest absolute Gasteiger partial charge is 0.310 e. The number of hydrogen-bond acceptors (Lipinski definition) is 2. The second-order valence-corrected chi connectivity index (χ2v) is 5.90.